The highest BCUT2D eigenvalue weighted by atomic mass is 16.6. The molecule has 3 N–H and O–H groups in total. The lowest BCUT2D eigenvalue weighted by molar-refractivity contribution is -0.384. The predicted molar refractivity (Wildman–Crippen MR) is 69.4 cm³/mol. The number of carbonyl (C=O) groups is 1. The molecule has 0 saturated carbocycles. The van der Waals surface area contributed by atoms with Crippen molar-refractivity contribution in [3.63, 3.8) is 0 Å². The Morgan fingerprint density at radius 3 is 2.58 bits per heavy atom. The van der Waals surface area contributed by atoms with E-state index in [9.17, 15) is 14.9 Å². The van der Waals surface area contributed by atoms with Gasteiger partial charge in [0, 0.05) is 18.7 Å². The number of nitro benzene ring substituents is 1. The monoisotopic (exact) mass is 268 g/mol. The summed E-state index contributed by atoms with van der Waals surface area (Å²) in [6.07, 6.45) is 0. The van der Waals surface area contributed by atoms with Crippen LogP contribution in [0.5, 0.6) is 0 Å². The molecular formula is C12H16N2O5. The maximum atomic E-state index is 10.9. The van der Waals surface area contributed by atoms with E-state index in [1.54, 1.807) is 13.8 Å². The highest BCUT2D eigenvalue weighted by Crippen LogP contribution is 2.27. The van der Waals surface area contributed by atoms with E-state index in [0.29, 0.717) is 0 Å². The number of nitro groups is 1. The van der Waals surface area contributed by atoms with E-state index in [1.165, 1.54) is 12.1 Å². The quantitative estimate of drug-likeness (QED) is 0.535. The molecule has 2 unspecified atom stereocenters. The summed E-state index contributed by atoms with van der Waals surface area (Å²) in [5.74, 6) is -1.27. The van der Waals surface area contributed by atoms with Crippen molar-refractivity contribution in [1.82, 2.24) is 0 Å². The van der Waals surface area contributed by atoms with Gasteiger partial charge in [0.25, 0.3) is 5.69 Å². The van der Waals surface area contributed by atoms with Gasteiger partial charge in [-0.15, -0.1) is 0 Å². The molecule has 0 radical (unpaired) electrons. The van der Waals surface area contributed by atoms with E-state index in [4.69, 9.17) is 10.2 Å². The van der Waals surface area contributed by atoms with Crippen LogP contribution in [0.15, 0.2) is 18.2 Å². The average Bonchev–Trinajstić information content (AvgIpc) is 2.37. The number of nitrogens with zero attached hydrogens (tertiary/aromatic N) is 1. The van der Waals surface area contributed by atoms with Crippen LogP contribution in [-0.4, -0.2) is 33.8 Å². The molecule has 0 heterocycles. The second kappa shape index (κ2) is 6.14. The minimum atomic E-state index is -1.15. The number of hydrogen-bond acceptors (Lipinski definition) is 5. The van der Waals surface area contributed by atoms with Crippen molar-refractivity contribution >= 4 is 17.3 Å². The van der Waals surface area contributed by atoms with Gasteiger partial charge in [0.05, 0.1) is 10.5 Å². The van der Waals surface area contributed by atoms with E-state index in [-0.39, 0.29) is 35.5 Å². The number of aromatic carboxylic acids is 1. The Hall–Kier alpha value is -2.15. The summed E-state index contributed by atoms with van der Waals surface area (Å²) < 4.78 is 0. The second-order valence-corrected chi connectivity index (χ2v) is 4.39. The normalized spacial score (nSPS) is 13.6. The fourth-order valence-corrected chi connectivity index (χ4v) is 1.49. The summed E-state index contributed by atoms with van der Waals surface area (Å²) in [4.78, 5) is 21.2. The number of benzene rings is 1. The number of nitrogens with one attached hydrogen (secondary N) is 1. The minimum absolute atomic E-state index is 0.0306. The topological polar surface area (TPSA) is 113 Å². The summed E-state index contributed by atoms with van der Waals surface area (Å²) in [6, 6.07) is 3.34. The summed E-state index contributed by atoms with van der Waals surface area (Å²) >= 11 is 0. The van der Waals surface area contributed by atoms with Crippen LogP contribution in [0.25, 0.3) is 0 Å². The van der Waals surface area contributed by atoms with Crippen LogP contribution in [0.3, 0.4) is 0 Å². The Balaban J connectivity index is 3.11. The molecule has 7 heteroatoms. The number of rotatable bonds is 6. The SMILES string of the molecule is CC(CO)C(C)Nc1cc(C(=O)O)ccc1[N+](=O)[O-]. The lowest BCUT2D eigenvalue weighted by Crippen LogP contribution is -2.26. The smallest absolute Gasteiger partial charge is 0.335 e. The Kier molecular flexibility index (Phi) is 4.82. The highest BCUT2D eigenvalue weighted by Gasteiger charge is 2.19. The second-order valence-electron chi connectivity index (χ2n) is 4.39. The highest BCUT2D eigenvalue weighted by molar-refractivity contribution is 5.90. The Morgan fingerprint density at radius 2 is 2.11 bits per heavy atom. The number of aliphatic hydroxyl groups excluding tert-OH is 1. The molecule has 1 aromatic carbocycles. The minimum Gasteiger partial charge on any atom is -0.478 e. The van der Waals surface area contributed by atoms with Gasteiger partial charge in [-0.25, -0.2) is 4.79 Å². The van der Waals surface area contributed by atoms with Gasteiger partial charge >= 0.3 is 5.97 Å². The molecule has 2 atom stereocenters. The fourth-order valence-electron chi connectivity index (χ4n) is 1.49. The van der Waals surface area contributed by atoms with Crippen molar-refractivity contribution in [3.8, 4) is 0 Å². The zero-order chi connectivity index (χ0) is 14.6. The molecule has 7 nitrogen and oxygen atoms in total. The molecule has 19 heavy (non-hydrogen) atoms. The summed E-state index contributed by atoms with van der Waals surface area (Å²) in [7, 11) is 0. The number of anilines is 1. The third-order valence-corrected chi connectivity index (χ3v) is 2.96. The van der Waals surface area contributed by atoms with E-state index >= 15 is 0 Å². The van der Waals surface area contributed by atoms with Gasteiger partial charge in [0.2, 0.25) is 0 Å². The van der Waals surface area contributed by atoms with Gasteiger partial charge in [-0.05, 0) is 25.0 Å². The maximum Gasteiger partial charge on any atom is 0.335 e. The van der Waals surface area contributed by atoms with Crippen molar-refractivity contribution in [2.75, 3.05) is 11.9 Å². The van der Waals surface area contributed by atoms with Crippen LogP contribution >= 0.6 is 0 Å². The molecular weight excluding hydrogens is 252 g/mol. The van der Waals surface area contributed by atoms with Crippen molar-refractivity contribution < 1.29 is 19.9 Å². The van der Waals surface area contributed by atoms with Crippen molar-refractivity contribution in [3.05, 3.63) is 33.9 Å². The van der Waals surface area contributed by atoms with Crippen LogP contribution in [-0.2, 0) is 0 Å². The van der Waals surface area contributed by atoms with Gasteiger partial charge in [-0.1, -0.05) is 6.92 Å². The van der Waals surface area contributed by atoms with Gasteiger partial charge in [-0.3, -0.25) is 10.1 Å². The Morgan fingerprint density at radius 1 is 1.47 bits per heavy atom. The standard InChI is InChI=1S/C12H16N2O5/c1-7(6-15)8(2)13-10-5-9(12(16)17)3-4-11(10)14(18)19/h3-5,7-8,13,15H,6H2,1-2H3,(H,16,17). The Bertz CT molecular complexity index is 489. The lowest BCUT2D eigenvalue weighted by Gasteiger charge is -2.20. The first-order valence-electron chi connectivity index (χ1n) is 5.76. The van der Waals surface area contributed by atoms with Crippen LogP contribution in [0.1, 0.15) is 24.2 Å². The van der Waals surface area contributed by atoms with Gasteiger partial charge in [-0.2, -0.15) is 0 Å². The summed E-state index contributed by atoms with van der Waals surface area (Å²) in [5.41, 5.74) is -0.0864. The molecule has 1 aromatic rings. The lowest BCUT2D eigenvalue weighted by atomic mass is 10.0. The van der Waals surface area contributed by atoms with Gasteiger partial charge in [0.15, 0.2) is 0 Å². The fraction of sp³-hybridized carbons (Fsp3) is 0.417. The molecule has 0 amide bonds. The molecule has 1 rings (SSSR count). The van der Waals surface area contributed by atoms with E-state index in [0.717, 1.165) is 6.07 Å². The van der Waals surface area contributed by atoms with Crippen LogP contribution < -0.4 is 5.32 Å². The van der Waals surface area contributed by atoms with Crippen molar-refractivity contribution in [1.29, 1.82) is 0 Å². The van der Waals surface area contributed by atoms with E-state index in [1.807, 2.05) is 0 Å². The first-order valence-corrected chi connectivity index (χ1v) is 5.76. The number of hydrogen-bond donors (Lipinski definition) is 3. The van der Waals surface area contributed by atoms with Crippen LogP contribution in [0, 0.1) is 16.0 Å². The molecule has 0 saturated heterocycles. The van der Waals surface area contributed by atoms with Gasteiger partial charge in [0.1, 0.15) is 5.69 Å². The predicted octanol–water partition coefficient (Wildman–Crippen LogP) is 1.72. The third-order valence-electron chi connectivity index (χ3n) is 2.96. The zero-order valence-corrected chi connectivity index (χ0v) is 10.7. The summed E-state index contributed by atoms with van der Waals surface area (Å²) in [6.45, 7) is 3.48. The molecule has 0 aliphatic rings. The number of aliphatic hydroxyl groups is 1. The molecule has 104 valence electrons. The van der Waals surface area contributed by atoms with Crippen molar-refractivity contribution in [2.45, 2.75) is 19.9 Å². The van der Waals surface area contributed by atoms with Crippen molar-refractivity contribution in [2.24, 2.45) is 5.92 Å². The molecule has 0 aliphatic heterocycles. The number of carboxylic acid groups (broad SMARTS) is 1. The molecule has 0 spiro atoms. The van der Waals surface area contributed by atoms with Crippen LogP contribution in [0.4, 0.5) is 11.4 Å². The number of carboxylic acids is 1. The Labute approximate surface area is 110 Å². The molecule has 0 aliphatic carbocycles. The molecule has 0 fully saturated rings. The third kappa shape index (κ3) is 3.65. The average molecular weight is 268 g/mol. The largest absolute Gasteiger partial charge is 0.478 e. The first kappa shape index (κ1) is 14.9. The first-order chi connectivity index (χ1) is 8.86. The summed E-state index contributed by atoms with van der Waals surface area (Å²) in [5, 5.41) is 31.7. The molecule has 0 bridgehead atoms. The zero-order valence-electron chi connectivity index (χ0n) is 10.7. The van der Waals surface area contributed by atoms with Crippen LogP contribution in [0.2, 0.25) is 0 Å². The van der Waals surface area contributed by atoms with E-state index < -0.39 is 10.9 Å². The maximum absolute atomic E-state index is 10.9. The van der Waals surface area contributed by atoms with Gasteiger partial charge < -0.3 is 15.5 Å². The molecule has 0 aromatic heterocycles. The van der Waals surface area contributed by atoms with E-state index in [2.05, 4.69) is 5.32 Å².